The van der Waals surface area contributed by atoms with Gasteiger partial charge in [0.25, 0.3) is 5.56 Å². The number of methoxy groups -OCH3 is 1. The Morgan fingerprint density at radius 2 is 2.12 bits per heavy atom. The predicted octanol–water partition coefficient (Wildman–Crippen LogP) is 1.90. The molecule has 2 heterocycles. The van der Waals surface area contributed by atoms with Crippen molar-refractivity contribution in [2.45, 2.75) is 6.92 Å². The molecule has 0 unspecified atom stereocenters. The first-order chi connectivity index (χ1) is 7.54. The van der Waals surface area contributed by atoms with Gasteiger partial charge in [-0.15, -0.1) is 0 Å². The van der Waals surface area contributed by atoms with Crippen LogP contribution in [0.25, 0.3) is 10.9 Å². The monoisotopic (exact) mass is 238 g/mol. The van der Waals surface area contributed by atoms with Crippen molar-refractivity contribution in [2.24, 2.45) is 7.05 Å². The number of pyridine rings is 2. The number of aromatic nitrogens is 2. The number of halogens is 1. The van der Waals surface area contributed by atoms with Gasteiger partial charge in [-0.1, -0.05) is 11.6 Å². The smallest absolute Gasteiger partial charge is 0.253 e. The molecule has 0 aromatic carbocycles. The van der Waals surface area contributed by atoms with Gasteiger partial charge in [-0.2, -0.15) is 0 Å². The standard InChI is InChI=1S/C11H11ClN2O2/c1-6-4-7-8(14(2)11(6)15)5-9(16-3)13-10(7)12/h4-5H,1-3H3. The van der Waals surface area contributed by atoms with Gasteiger partial charge in [-0.25, -0.2) is 4.98 Å². The maximum atomic E-state index is 11.8. The highest BCUT2D eigenvalue weighted by Gasteiger charge is 2.09. The van der Waals surface area contributed by atoms with Crippen LogP contribution in [0.3, 0.4) is 0 Å². The molecule has 4 nitrogen and oxygen atoms in total. The van der Waals surface area contributed by atoms with Crippen LogP contribution in [0.1, 0.15) is 5.56 Å². The van der Waals surface area contributed by atoms with E-state index in [0.29, 0.717) is 22.1 Å². The molecule has 5 heteroatoms. The Bertz CT molecular complexity index is 619. The summed E-state index contributed by atoms with van der Waals surface area (Å²) in [5, 5.41) is 1.09. The van der Waals surface area contributed by atoms with Crippen LogP contribution in [0.15, 0.2) is 16.9 Å². The van der Waals surface area contributed by atoms with E-state index in [1.54, 1.807) is 30.7 Å². The molecule has 0 aliphatic carbocycles. The maximum absolute atomic E-state index is 11.8. The molecule has 16 heavy (non-hydrogen) atoms. The van der Waals surface area contributed by atoms with Crippen molar-refractivity contribution < 1.29 is 4.74 Å². The second-order valence-electron chi connectivity index (χ2n) is 3.58. The van der Waals surface area contributed by atoms with E-state index in [1.165, 1.54) is 7.11 Å². The van der Waals surface area contributed by atoms with Gasteiger partial charge in [0.05, 0.1) is 12.6 Å². The molecule has 0 saturated heterocycles. The van der Waals surface area contributed by atoms with Crippen LogP contribution in [0.2, 0.25) is 5.15 Å². The number of hydrogen-bond acceptors (Lipinski definition) is 3. The van der Waals surface area contributed by atoms with Crippen molar-refractivity contribution in [1.82, 2.24) is 9.55 Å². The summed E-state index contributed by atoms with van der Waals surface area (Å²) in [6, 6.07) is 3.44. The van der Waals surface area contributed by atoms with Gasteiger partial charge in [0.2, 0.25) is 5.88 Å². The minimum absolute atomic E-state index is 0.0446. The second-order valence-corrected chi connectivity index (χ2v) is 3.94. The molecule has 0 bridgehead atoms. The fourth-order valence-electron chi connectivity index (χ4n) is 1.66. The average Bonchev–Trinajstić information content (AvgIpc) is 2.27. The summed E-state index contributed by atoms with van der Waals surface area (Å²) in [7, 11) is 3.21. The van der Waals surface area contributed by atoms with Crippen molar-refractivity contribution in [3.05, 3.63) is 33.2 Å². The summed E-state index contributed by atoms with van der Waals surface area (Å²) in [6.45, 7) is 1.75. The molecule has 0 fully saturated rings. The molecule has 0 saturated carbocycles. The SMILES string of the molecule is COc1cc2c(cc(C)c(=O)n2C)c(Cl)n1. The zero-order valence-corrected chi connectivity index (χ0v) is 10.00. The van der Waals surface area contributed by atoms with Gasteiger partial charge in [0, 0.05) is 24.1 Å². The summed E-state index contributed by atoms with van der Waals surface area (Å²) < 4.78 is 6.56. The Morgan fingerprint density at radius 1 is 1.44 bits per heavy atom. The van der Waals surface area contributed by atoms with Crippen LogP contribution < -0.4 is 10.3 Å². The lowest BCUT2D eigenvalue weighted by Crippen LogP contribution is -2.19. The summed E-state index contributed by atoms with van der Waals surface area (Å²) >= 11 is 6.03. The summed E-state index contributed by atoms with van der Waals surface area (Å²) in [5.41, 5.74) is 1.31. The number of ether oxygens (including phenoxy) is 1. The van der Waals surface area contributed by atoms with Gasteiger partial charge in [0.1, 0.15) is 5.15 Å². The Kier molecular flexibility index (Phi) is 2.59. The van der Waals surface area contributed by atoms with Gasteiger partial charge >= 0.3 is 0 Å². The quantitative estimate of drug-likeness (QED) is 0.713. The van der Waals surface area contributed by atoms with E-state index in [-0.39, 0.29) is 5.56 Å². The van der Waals surface area contributed by atoms with E-state index in [2.05, 4.69) is 4.98 Å². The number of nitrogens with zero attached hydrogens (tertiary/aromatic N) is 2. The van der Waals surface area contributed by atoms with Crippen LogP contribution in [-0.4, -0.2) is 16.7 Å². The molecule has 0 amide bonds. The fourth-order valence-corrected chi connectivity index (χ4v) is 1.89. The number of rotatable bonds is 1. The van der Waals surface area contributed by atoms with E-state index >= 15 is 0 Å². The molecular formula is C11H11ClN2O2. The highest BCUT2D eigenvalue weighted by Crippen LogP contribution is 2.24. The van der Waals surface area contributed by atoms with Gasteiger partial charge in [-0.3, -0.25) is 4.79 Å². The third-order valence-corrected chi connectivity index (χ3v) is 2.83. The van der Waals surface area contributed by atoms with Crippen LogP contribution in [0.5, 0.6) is 5.88 Å². The predicted molar refractivity (Wildman–Crippen MR) is 63.3 cm³/mol. The number of hydrogen-bond donors (Lipinski definition) is 0. The molecule has 0 aliphatic rings. The first kappa shape index (κ1) is 11.0. The van der Waals surface area contributed by atoms with Crippen molar-refractivity contribution in [2.75, 3.05) is 7.11 Å². The minimum Gasteiger partial charge on any atom is -0.481 e. The molecular weight excluding hydrogens is 228 g/mol. The molecule has 2 aromatic rings. The fraction of sp³-hybridized carbons (Fsp3) is 0.273. The van der Waals surface area contributed by atoms with Crippen molar-refractivity contribution >= 4 is 22.5 Å². The summed E-state index contributed by atoms with van der Waals surface area (Å²) in [5.74, 6) is 0.399. The maximum Gasteiger partial charge on any atom is 0.253 e. The van der Waals surface area contributed by atoms with Crippen LogP contribution in [0, 0.1) is 6.92 Å². The molecule has 0 radical (unpaired) electrons. The van der Waals surface area contributed by atoms with Crippen molar-refractivity contribution in [3.8, 4) is 5.88 Å². The lowest BCUT2D eigenvalue weighted by Gasteiger charge is -2.09. The third kappa shape index (κ3) is 1.55. The van der Waals surface area contributed by atoms with Crippen LogP contribution in [0.4, 0.5) is 0 Å². The summed E-state index contributed by atoms with van der Waals surface area (Å²) in [6.07, 6.45) is 0. The zero-order valence-electron chi connectivity index (χ0n) is 9.24. The lowest BCUT2D eigenvalue weighted by atomic mass is 10.2. The Labute approximate surface area is 97.4 Å². The van der Waals surface area contributed by atoms with E-state index < -0.39 is 0 Å². The topological polar surface area (TPSA) is 44.1 Å². The largest absolute Gasteiger partial charge is 0.481 e. The van der Waals surface area contributed by atoms with Crippen LogP contribution >= 0.6 is 11.6 Å². The second kappa shape index (κ2) is 3.79. The summed E-state index contributed by atoms with van der Waals surface area (Å²) in [4.78, 5) is 15.8. The average molecular weight is 239 g/mol. The third-order valence-electron chi connectivity index (χ3n) is 2.54. The highest BCUT2D eigenvalue weighted by molar-refractivity contribution is 6.34. The van der Waals surface area contributed by atoms with E-state index in [1.807, 2.05) is 0 Å². The van der Waals surface area contributed by atoms with Gasteiger partial charge in [0.15, 0.2) is 0 Å². The first-order valence-electron chi connectivity index (χ1n) is 4.75. The molecule has 84 valence electrons. The van der Waals surface area contributed by atoms with Crippen molar-refractivity contribution in [1.29, 1.82) is 0 Å². The Morgan fingerprint density at radius 3 is 2.75 bits per heavy atom. The molecule has 0 aliphatic heterocycles. The normalized spacial score (nSPS) is 10.8. The Hall–Kier alpha value is -1.55. The minimum atomic E-state index is -0.0446. The number of aryl methyl sites for hydroxylation is 2. The van der Waals surface area contributed by atoms with Gasteiger partial charge < -0.3 is 9.30 Å². The van der Waals surface area contributed by atoms with E-state index in [9.17, 15) is 4.79 Å². The number of fused-ring (bicyclic) bond motifs is 1. The van der Waals surface area contributed by atoms with Gasteiger partial charge in [-0.05, 0) is 13.0 Å². The molecule has 0 spiro atoms. The van der Waals surface area contributed by atoms with Crippen molar-refractivity contribution in [3.63, 3.8) is 0 Å². The zero-order chi connectivity index (χ0) is 11.9. The molecule has 0 N–H and O–H groups in total. The van der Waals surface area contributed by atoms with E-state index in [0.717, 1.165) is 5.39 Å². The molecule has 2 aromatic heterocycles. The highest BCUT2D eigenvalue weighted by atomic mass is 35.5. The molecule has 0 atom stereocenters. The lowest BCUT2D eigenvalue weighted by molar-refractivity contribution is 0.398. The van der Waals surface area contributed by atoms with Crippen LogP contribution in [-0.2, 0) is 7.05 Å². The van der Waals surface area contributed by atoms with E-state index in [4.69, 9.17) is 16.3 Å². The Balaban J connectivity index is 2.96. The first-order valence-corrected chi connectivity index (χ1v) is 5.13. The molecule has 2 rings (SSSR count).